The normalized spacial score (nSPS) is 16.2. The van der Waals surface area contributed by atoms with Gasteiger partial charge in [0.2, 0.25) is 11.8 Å². The lowest BCUT2D eigenvalue weighted by Crippen LogP contribution is -2.33. The summed E-state index contributed by atoms with van der Waals surface area (Å²) < 4.78 is 0. The summed E-state index contributed by atoms with van der Waals surface area (Å²) in [5, 5.41) is 11.7. The Kier molecular flexibility index (Phi) is 4.30. The van der Waals surface area contributed by atoms with Gasteiger partial charge in [0.05, 0.1) is 22.5 Å². The minimum absolute atomic E-state index is 0.0198. The van der Waals surface area contributed by atoms with E-state index in [9.17, 15) is 9.59 Å². The molecule has 2 aliphatic rings. The van der Waals surface area contributed by atoms with E-state index in [1.807, 2.05) is 38.1 Å². The maximum atomic E-state index is 13.6. The standard InChI is InChI=1S/C27H27N5O2/c1-14-18-9-6-10-19-20-12-23-21(13-22(20)29-24(19)25(18)31-30-14)27(3,4)26(34)32(23)17-8-5-7-16(11-17)28-15(2)33/h5,7-8,11-13,29H,6,9-10H2,1-4H3,(H,28,33)(H,30,31). The number of anilines is 3. The maximum absolute atomic E-state index is 13.6. The van der Waals surface area contributed by atoms with Crippen LogP contribution in [0.1, 0.15) is 49.6 Å². The Hall–Kier alpha value is -3.87. The van der Waals surface area contributed by atoms with Crippen LogP contribution in [-0.2, 0) is 27.8 Å². The molecule has 0 bridgehead atoms. The fourth-order valence-corrected chi connectivity index (χ4v) is 5.53. The fourth-order valence-electron chi connectivity index (χ4n) is 5.53. The van der Waals surface area contributed by atoms with Crippen LogP contribution < -0.4 is 10.2 Å². The summed E-state index contributed by atoms with van der Waals surface area (Å²) in [7, 11) is 0. The Balaban J connectivity index is 1.55. The second kappa shape index (κ2) is 7.06. The zero-order valence-electron chi connectivity index (χ0n) is 19.8. The number of hydrogen-bond acceptors (Lipinski definition) is 3. The van der Waals surface area contributed by atoms with Crippen molar-refractivity contribution in [3.63, 3.8) is 0 Å². The Morgan fingerprint density at radius 2 is 1.94 bits per heavy atom. The molecule has 7 nitrogen and oxygen atoms in total. The minimum atomic E-state index is -0.676. The average Bonchev–Trinajstić information content (AvgIpc) is 3.33. The van der Waals surface area contributed by atoms with E-state index in [0.717, 1.165) is 64.2 Å². The first-order valence-corrected chi connectivity index (χ1v) is 11.7. The number of rotatable bonds is 2. The monoisotopic (exact) mass is 453 g/mol. The lowest BCUT2D eigenvalue weighted by Gasteiger charge is -2.21. The second-order valence-corrected chi connectivity index (χ2v) is 9.92. The number of carbonyl (C=O) groups excluding carboxylic acids is 2. The number of nitrogens with one attached hydrogen (secondary N) is 3. The fraction of sp³-hybridized carbons (Fsp3) is 0.296. The molecule has 1 aliphatic heterocycles. The highest BCUT2D eigenvalue weighted by atomic mass is 16.2. The van der Waals surface area contributed by atoms with E-state index in [4.69, 9.17) is 0 Å². The molecule has 3 heterocycles. The number of H-pyrrole nitrogens is 2. The summed E-state index contributed by atoms with van der Waals surface area (Å²) in [6.07, 6.45) is 3.01. The van der Waals surface area contributed by atoms with Crippen LogP contribution in [0.5, 0.6) is 0 Å². The van der Waals surface area contributed by atoms with Gasteiger partial charge in [-0.2, -0.15) is 5.10 Å². The van der Waals surface area contributed by atoms with Crippen LogP contribution in [0.3, 0.4) is 0 Å². The molecule has 0 fully saturated rings. The molecule has 2 aromatic carbocycles. The SMILES string of the molecule is CC(=O)Nc1cccc(N2C(=O)C(C)(C)c3cc4[nH]c5c(c4cc32)CCCc2c-5n[nH]c2C)c1. The highest BCUT2D eigenvalue weighted by Crippen LogP contribution is 2.49. The summed E-state index contributed by atoms with van der Waals surface area (Å²) in [6.45, 7) is 7.50. The van der Waals surface area contributed by atoms with E-state index in [-0.39, 0.29) is 11.8 Å². The van der Waals surface area contributed by atoms with Gasteiger partial charge in [-0.1, -0.05) is 6.07 Å². The Bertz CT molecular complexity index is 1510. The minimum Gasteiger partial charge on any atom is -0.353 e. The van der Waals surface area contributed by atoms with Gasteiger partial charge >= 0.3 is 0 Å². The predicted octanol–water partition coefficient (Wildman–Crippen LogP) is 5.27. The quantitative estimate of drug-likeness (QED) is 0.386. The first kappa shape index (κ1) is 20.7. The number of aromatic nitrogens is 3. The van der Waals surface area contributed by atoms with Crippen molar-refractivity contribution in [2.75, 3.05) is 10.2 Å². The van der Waals surface area contributed by atoms with Crippen molar-refractivity contribution in [2.24, 2.45) is 0 Å². The first-order chi connectivity index (χ1) is 16.3. The highest BCUT2D eigenvalue weighted by molar-refractivity contribution is 6.15. The number of benzene rings is 2. The molecule has 0 atom stereocenters. The number of hydrogen-bond donors (Lipinski definition) is 3. The van der Waals surface area contributed by atoms with E-state index in [1.54, 1.807) is 4.90 Å². The van der Waals surface area contributed by atoms with Gasteiger partial charge in [0.15, 0.2) is 0 Å². The summed E-state index contributed by atoms with van der Waals surface area (Å²) in [5.74, 6) is -0.123. The van der Waals surface area contributed by atoms with Crippen molar-refractivity contribution in [1.29, 1.82) is 0 Å². The van der Waals surface area contributed by atoms with Crippen molar-refractivity contribution < 1.29 is 9.59 Å². The second-order valence-electron chi connectivity index (χ2n) is 9.92. The van der Waals surface area contributed by atoms with E-state index in [2.05, 4.69) is 39.6 Å². The third-order valence-electron chi connectivity index (χ3n) is 7.26. The van der Waals surface area contributed by atoms with Crippen LogP contribution in [-0.4, -0.2) is 27.0 Å². The van der Waals surface area contributed by atoms with Crippen LogP contribution in [0.25, 0.3) is 22.3 Å². The zero-order chi connectivity index (χ0) is 23.8. The summed E-state index contributed by atoms with van der Waals surface area (Å²) in [4.78, 5) is 30.6. The molecule has 34 heavy (non-hydrogen) atoms. The lowest BCUT2D eigenvalue weighted by molar-refractivity contribution is -0.121. The third kappa shape index (κ3) is 2.86. The van der Waals surface area contributed by atoms with E-state index in [0.29, 0.717) is 5.69 Å². The third-order valence-corrected chi connectivity index (χ3v) is 7.26. The number of carbonyl (C=O) groups is 2. The van der Waals surface area contributed by atoms with Crippen LogP contribution in [0.2, 0.25) is 0 Å². The lowest BCUT2D eigenvalue weighted by atomic mass is 9.85. The molecular weight excluding hydrogens is 426 g/mol. The molecule has 4 aromatic rings. The number of fused-ring (bicyclic) bond motifs is 6. The number of amides is 2. The van der Waals surface area contributed by atoms with E-state index < -0.39 is 5.41 Å². The van der Waals surface area contributed by atoms with Gasteiger partial charge in [0.1, 0.15) is 5.69 Å². The Morgan fingerprint density at radius 1 is 1.15 bits per heavy atom. The van der Waals surface area contributed by atoms with Gasteiger partial charge in [-0.3, -0.25) is 19.6 Å². The summed E-state index contributed by atoms with van der Waals surface area (Å²) in [5.41, 5.74) is 9.41. The molecule has 7 heteroatoms. The van der Waals surface area contributed by atoms with Crippen LogP contribution in [0, 0.1) is 6.92 Å². The van der Waals surface area contributed by atoms with Crippen molar-refractivity contribution in [3.8, 4) is 11.4 Å². The maximum Gasteiger partial charge on any atom is 0.241 e. The summed E-state index contributed by atoms with van der Waals surface area (Å²) in [6, 6.07) is 11.7. The van der Waals surface area contributed by atoms with E-state index >= 15 is 0 Å². The van der Waals surface area contributed by atoms with Crippen molar-refractivity contribution in [3.05, 3.63) is 58.8 Å². The molecule has 2 aromatic heterocycles. The molecular formula is C27H27N5O2. The van der Waals surface area contributed by atoms with E-state index in [1.165, 1.54) is 18.1 Å². The van der Waals surface area contributed by atoms with Gasteiger partial charge in [-0.25, -0.2) is 0 Å². The van der Waals surface area contributed by atoms with Gasteiger partial charge in [0.25, 0.3) is 0 Å². The van der Waals surface area contributed by atoms with Crippen LogP contribution in [0.15, 0.2) is 36.4 Å². The van der Waals surface area contributed by atoms with Crippen molar-refractivity contribution in [2.45, 2.75) is 52.4 Å². The highest BCUT2D eigenvalue weighted by Gasteiger charge is 2.45. The number of aryl methyl sites for hydroxylation is 2. The number of nitrogens with zero attached hydrogens (tertiary/aromatic N) is 2. The molecule has 0 saturated carbocycles. The molecule has 3 N–H and O–H groups in total. The zero-order valence-corrected chi connectivity index (χ0v) is 19.8. The first-order valence-electron chi connectivity index (χ1n) is 11.7. The molecule has 172 valence electrons. The van der Waals surface area contributed by atoms with Crippen LogP contribution >= 0.6 is 0 Å². The molecule has 2 amide bonds. The molecule has 0 saturated heterocycles. The largest absolute Gasteiger partial charge is 0.353 e. The molecule has 1 aliphatic carbocycles. The molecule has 0 unspecified atom stereocenters. The molecule has 0 spiro atoms. The van der Waals surface area contributed by atoms with Gasteiger partial charge in [0, 0.05) is 34.8 Å². The van der Waals surface area contributed by atoms with Crippen molar-refractivity contribution in [1.82, 2.24) is 15.2 Å². The van der Waals surface area contributed by atoms with Gasteiger partial charge < -0.3 is 10.3 Å². The Labute approximate surface area is 197 Å². The number of aromatic amines is 2. The average molecular weight is 454 g/mol. The smallest absolute Gasteiger partial charge is 0.241 e. The summed E-state index contributed by atoms with van der Waals surface area (Å²) >= 11 is 0. The van der Waals surface area contributed by atoms with Gasteiger partial charge in [-0.05, 0) is 81.5 Å². The van der Waals surface area contributed by atoms with Crippen molar-refractivity contribution >= 4 is 39.8 Å². The van der Waals surface area contributed by atoms with Crippen LogP contribution in [0.4, 0.5) is 17.1 Å². The molecule has 6 rings (SSSR count). The topological polar surface area (TPSA) is 93.9 Å². The molecule has 0 radical (unpaired) electrons. The predicted molar refractivity (Wildman–Crippen MR) is 134 cm³/mol. The Morgan fingerprint density at radius 3 is 2.74 bits per heavy atom. The van der Waals surface area contributed by atoms with Gasteiger partial charge in [-0.15, -0.1) is 0 Å².